The lowest BCUT2D eigenvalue weighted by Gasteiger charge is -2.31. The lowest BCUT2D eigenvalue weighted by molar-refractivity contribution is -0.117. The first kappa shape index (κ1) is 17.6. The number of thiocarbonyl (C=S) groups is 1. The van der Waals surface area contributed by atoms with Crippen LogP contribution >= 0.6 is 28.1 Å². The first-order valence-corrected chi connectivity index (χ1v) is 8.04. The fraction of sp³-hybridized carbons (Fsp3) is 0.333. The van der Waals surface area contributed by atoms with Gasteiger partial charge in [0.1, 0.15) is 11.5 Å². The number of methoxy groups -OCH3 is 2. The van der Waals surface area contributed by atoms with E-state index in [0.717, 1.165) is 10.0 Å². The van der Waals surface area contributed by atoms with Crippen LogP contribution < -0.4 is 25.4 Å². The van der Waals surface area contributed by atoms with Gasteiger partial charge >= 0.3 is 0 Å². The average molecular weight is 400 g/mol. The molecule has 0 fully saturated rings. The van der Waals surface area contributed by atoms with Crippen LogP contribution in [0.5, 0.6) is 11.5 Å². The van der Waals surface area contributed by atoms with E-state index in [1.165, 1.54) is 0 Å². The van der Waals surface area contributed by atoms with Crippen molar-refractivity contribution < 1.29 is 14.3 Å². The SMILES string of the molecule is CNC(=O)C1=C(C)NC(=S)N[C@H]1c1cc(Br)c(OC)cc1OC. The molecule has 3 N–H and O–H groups in total. The number of halogens is 1. The third kappa shape index (κ3) is 3.42. The summed E-state index contributed by atoms with van der Waals surface area (Å²) in [5.41, 5.74) is 2.03. The Morgan fingerprint density at radius 3 is 2.52 bits per heavy atom. The molecule has 1 aromatic rings. The molecule has 0 saturated heterocycles. The molecular formula is C15H18BrN3O3S. The summed E-state index contributed by atoms with van der Waals surface area (Å²) in [5.74, 6) is 1.05. The predicted octanol–water partition coefficient (Wildman–Crippen LogP) is 2.01. The molecule has 0 radical (unpaired) electrons. The number of hydrogen-bond acceptors (Lipinski definition) is 4. The summed E-state index contributed by atoms with van der Waals surface area (Å²) in [6.45, 7) is 1.82. The van der Waals surface area contributed by atoms with Gasteiger partial charge in [-0.15, -0.1) is 0 Å². The molecule has 1 aromatic carbocycles. The zero-order chi connectivity index (χ0) is 17.1. The van der Waals surface area contributed by atoms with E-state index in [-0.39, 0.29) is 5.91 Å². The summed E-state index contributed by atoms with van der Waals surface area (Å²) >= 11 is 8.70. The average Bonchev–Trinajstić information content (AvgIpc) is 2.53. The van der Waals surface area contributed by atoms with Crippen LogP contribution in [0.25, 0.3) is 0 Å². The predicted molar refractivity (Wildman–Crippen MR) is 95.6 cm³/mol. The van der Waals surface area contributed by atoms with Gasteiger partial charge in [0.15, 0.2) is 5.11 Å². The van der Waals surface area contributed by atoms with Gasteiger partial charge < -0.3 is 25.4 Å². The van der Waals surface area contributed by atoms with Gasteiger partial charge in [-0.1, -0.05) is 0 Å². The Hall–Kier alpha value is -1.80. The Bertz CT molecular complexity index is 691. The van der Waals surface area contributed by atoms with Crippen molar-refractivity contribution >= 4 is 39.2 Å². The van der Waals surface area contributed by atoms with Gasteiger partial charge in [-0.25, -0.2) is 0 Å². The molecule has 124 valence electrons. The lowest BCUT2D eigenvalue weighted by Crippen LogP contribution is -2.46. The summed E-state index contributed by atoms with van der Waals surface area (Å²) in [5, 5.41) is 9.22. The number of hydrogen-bond donors (Lipinski definition) is 3. The third-order valence-corrected chi connectivity index (χ3v) is 4.40. The number of carbonyl (C=O) groups excluding carboxylic acids is 1. The van der Waals surface area contributed by atoms with Crippen molar-refractivity contribution in [3.05, 3.63) is 33.4 Å². The lowest BCUT2D eigenvalue weighted by atomic mass is 9.94. The van der Waals surface area contributed by atoms with Crippen LogP contribution in [-0.4, -0.2) is 32.3 Å². The Kier molecular flexibility index (Phi) is 5.48. The third-order valence-electron chi connectivity index (χ3n) is 3.56. The Balaban J connectivity index is 2.62. The number of allylic oxidation sites excluding steroid dienone is 1. The van der Waals surface area contributed by atoms with Crippen LogP contribution in [-0.2, 0) is 4.79 Å². The number of amides is 1. The van der Waals surface area contributed by atoms with Gasteiger partial charge in [0.05, 0.1) is 30.3 Å². The van der Waals surface area contributed by atoms with Crippen LogP contribution in [0.1, 0.15) is 18.5 Å². The molecule has 0 aromatic heterocycles. The molecule has 1 atom stereocenters. The van der Waals surface area contributed by atoms with E-state index in [2.05, 4.69) is 31.9 Å². The second kappa shape index (κ2) is 7.18. The Morgan fingerprint density at radius 2 is 1.96 bits per heavy atom. The minimum absolute atomic E-state index is 0.191. The molecule has 1 amide bonds. The van der Waals surface area contributed by atoms with Crippen LogP contribution in [0.15, 0.2) is 27.9 Å². The minimum atomic E-state index is -0.430. The number of nitrogens with one attached hydrogen (secondary N) is 3. The van der Waals surface area contributed by atoms with Crippen molar-refractivity contribution in [1.82, 2.24) is 16.0 Å². The van der Waals surface area contributed by atoms with Gasteiger partial charge in [0.2, 0.25) is 0 Å². The second-order valence-corrected chi connectivity index (χ2v) is 6.14. The summed E-state index contributed by atoms with van der Waals surface area (Å²) in [6.07, 6.45) is 0. The normalized spacial score (nSPS) is 17.3. The van der Waals surface area contributed by atoms with Crippen molar-refractivity contribution in [2.24, 2.45) is 0 Å². The number of rotatable bonds is 4. The molecule has 0 aliphatic carbocycles. The molecule has 1 heterocycles. The summed E-state index contributed by atoms with van der Waals surface area (Å²) in [4.78, 5) is 12.3. The van der Waals surface area contributed by atoms with E-state index in [9.17, 15) is 4.79 Å². The topological polar surface area (TPSA) is 71.6 Å². The van der Waals surface area contributed by atoms with Crippen molar-refractivity contribution in [3.63, 3.8) is 0 Å². The Morgan fingerprint density at radius 1 is 1.30 bits per heavy atom. The highest BCUT2D eigenvalue weighted by atomic mass is 79.9. The van der Waals surface area contributed by atoms with Gasteiger partial charge in [-0.2, -0.15) is 0 Å². The van der Waals surface area contributed by atoms with Gasteiger partial charge in [-0.05, 0) is 41.1 Å². The molecule has 0 spiro atoms. The second-order valence-electron chi connectivity index (χ2n) is 4.88. The minimum Gasteiger partial charge on any atom is -0.496 e. The summed E-state index contributed by atoms with van der Waals surface area (Å²) in [7, 11) is 4.74. The van der Waals surface area contributed by atoms with E-state index in [1.54, 1.807) is 27.3 Å². The highest BCUT2D eigenvalue weighted by molar-refractivity contribution is 9.10. The molecule has 6 nitrogen and oxygen atoms in total. The van der Waals surface area contributed by atoms with Crippen LogP contribution in [0.2, 0.25) is 0 Å². The molecule has 0 saturated carbocycles. The highest BCUT2D eigenvalue weighted by Gasteiger charge is 2.31. The Labute approximate surface area is 148 Å². The van der Waals surface area contributed by atoms with Crippen LogP contribution in [0.3, 0.4) is 0 Å². The number of benzene rings is 1. The zero-order valence-electron chi connectivity index (χ0n) is 13.2. The molecule has 0 unspecified atom stereocenters. The maximum Gasteiger partial charge on any atom is 0.251 e. The van der Waals surface area contributed by atoms with Crippen LogP contribution in [0.4, 0.5) is 0 Å². The van der Waals surface area contributed by atoms with Crippen molar-refractivity contribution in [1.29, 1.82) is 0 Å². The smallest absolute Gasteiger partial charge is 0.251 e. The zero-order valence-corrected chi connectivity index (χ0v) is 15.6. The fourth-order valence-electron chi connectivity index (χ4n) is 2.47. The van der Waals surface area contributed by atoms with Crippen molar-refractivity contribution in [3.8, 4) is 11.5 Å². The molecule has 23 heavy (non-hydrogen) atoms. The largest absolute Gasteiger partial charge is 0.496 e. The maximum absolute atomic E-state index is 12.3. The molecule has 0 bridgehead atoms. The summed E-state index contributed by atoms with van der Waals surface area (Å²) in [6, 6.07) is 3.20. The van der Waals surface area contributed by atoms with Crippen molar-refractivity contribution in [2.45, 2.75) is 13.0 Å². The maximum atomic E-state index is 12.3. The van der Waals surface area contributed by atoms with Gasteiger partial charge in [0, 0.05) is 24.4 Å². The molecule has 2 rings (SSSR count). The molecule has 8 heteroatoms. The highest BCUT2D eigenvalue weighted by Crippen LogP contribution is 2.39. The molecular weight excluding hydrogens is 382 g/mol. The van der Waals surface area contributed by atoms with Gasteiger partial charge in [-0.3, -0.25) is 4.79 Å². The summed E-state index contributed by atoms with van der Waals surface area (Å²) < 4.78 is 11.5. The first-order valence-electron chi connectivity index (χ1n) is 6.84. The van der Waals surface area contributed by atoms with Crippen LogP contribution in [0, 0.1) is 0 Å². The van der Waals surface area contributed by atoms with Gasteiger partial charge in [0.25, 0.3) is 5.91 Å². The number of ether oxygens (including phenoxy) is 2. The van der Waals surface area contributed by atoms with E-state index in [1.807, 2.05) is 13.0 Å². The monoisotopic (exact) mass is 399 g/mol. The van der Waals surface area contributed by atoms with E-state index >= 15 is 0 Å². The standard InChI is InChI=1S/C15H18BrN3O3S/c1-7-12(14(20)17-2)13(19-15(23)18-7)8-5-9(16)11(22-4)6-10(8)21-3/h5-6,13H,1-4H3,(H,17,20)(H2,18,19,23)/t13-/m0/s1. The van der Waals surface area contributed by atoms with E-state index < -0.39 is 6.04 Å². The van der Waals surface area contributed by atoms with E-state index in [4.69, 9.17) is 21.7 Å². The first-order chi connectivity index (χ1) is 10.9. The quantitative estimate of drug-likeness (QED) is 0.672. The molecule has 1 aliphatic rings. The van der Waals surface area contributed by atoms with Crippen molar-refractivity contribution in [2.75, 3.05) is 21.3 Å². The number of carbonyl (C=O) groups is 1. The van der Waals surface area contributed by atoms with E-state index in [0.29, 0.717) is 27.9 Å². The fourth-order valence-corrected chi connectivity index (χ4v) is 3.27. The molecule has 1 aliphatic heterocycles. The number of likely N-dealkylation sites (N-methyl/N-ethyl adjacent to an activating group) is 1.